The van der Waals surface area contributed by atoms with Crippen LogP contribution in [-0.4, -0.2) is 13.2 Å². The van der Waals surface area contributed by atoms with E-state index in [1.807, 2.05) is 0 Å². The maximum Gasteiger partial charge on any atom is 0.0572 e. The summed E-state index contributed by atoms with van der Waals surface area (Å²) in [7, 11) is 1.68. The summed E-state index contributed by atoms with van der Waals surface area (Å²) in [5.41, 5.74) is 2.99. The van der Waals surface area contributed by atoms with Gasteiger partial charge in [0.15, 0.2) is 0 Å². The van der Waals surface area contributed by atoms with Crippen LogP contribution in [0.4, 0.5) is 0 Å². The highest BCUT2D eigenvalue weighted by Crippen LogP contribution is 2.05. The molecule has 1 unspecified atom stereocenters. The first-order valence-corrected chi connectivity index (χ1v) is 4.63. The molecular weight excluding hydrogens is 138 g/mol. The Morgan fingerprint density at radius 1 is 1.27 bits per heavy atom. The first-order valence-electron chi connectivity index (χ1n) is 4.63. The number of rotatable bonds is 7. The summed E-state index contributed by atoms with van der Waals surface area (Å²) in [6.07, 6.45) is 6.33. The normalized spacial score (nSPS) is 13.4. The molecule has 11 heavy (non-hydrogen) atoms. The van der Waals surface area contributed by atoms with Crippen molar-refractivity contribution in [2.45, 2.75) is 52.0 Å². The Morgan fingerprint density at radius 3 is 2.45 bits per heavy atom. The number of nitrogens with one attached hydrogen (secondary N) is 1. The van der Waals surface area contributed by atoms with Gasteiger partial charge < -0.3 is 4.84 Å². The van der Waals surface area contributed by atoms with Crippen molar-refractivity contribution >= 4 is 0 Å². The minimum absolute atomic E-state index is 0.548. The minimum atomic E-state index is 0.548. The molecule has 0 aromatic heterocycles. The van der Waals surface area contributed by atoms with Crippen molar-refractivity contribution in [1.82, 2.24) is 5.48 Å². The van der Waals surface area contributed by atoms with Gasteiger partial charge >= 0.3 is 0 Å². The summed E-state index contributed by atoms with van der Waals surface area (Å²) < 4.78 is 0. The van der Waals surface area contributed by atoms with Crippen molar-refractivity contribution < 1.29 is 4.84 Å². The first kappa shape index (κ1) is 10.9. The molecule has 0 saturated carbocycles. The van der Waals surface area contributed by atoms with Gasteiger partial charge in [-0.2, -0.15) is 5.48 Å². The highest BCUT2D eigenvalue weighted by molar-refractivity contribution is 4.58. The van der Waals surface area contributed by atoms with Gasteiger partial charge in [0.25, 0.3) is 0 Å². The molecule has 1 atom stereocenters. The second-order valence-electron chi connectivity index (χ2n) is 2.92. The molecule has 0 fully saturated rings. The zero-order valence-corrected chi connectivity index (χ0v) is 8.02. The Balaban J connectivity index is 3.20. The maximum atomic E-state index is 4.88. The van der Waals surface area contributed by atoms with Crippen LogP contribution in [-0.2, 0) is 4.84 Å². The van der Waals surface area contributed by atoms with Crippen LogP contribution in [0.3, 0.4) is 0 Å². The lowest BCUT2D eigenvalue weighted by Gasteiger charge is -2.14. The van der Waals surface area contributed by atoms with E-state index in [0.29, 0.717) is 6.04 Å². The fourth-order valence-corrected chi connectivity index (χ4v) is 1.15. The van der Waals surface area contributed by atoms with E-state index in [0.717, 1.165) is 6.42 Å². The summed E-state index contributed by atoms with van der Waals surface area (Å²) in [5, 5.41) is 0. The molecule has 1 N–H and O–H groups in total. The van der Waals surface area contributed by atoms with Gasteiger partial charge in [0.05, 0.1) is 7.11 Å². The number of hydrogen-bond acceptors (Lipinski definition) is 2. The monoisotopic (exact) mass is 159 g/mol. The second-order valence-corrected chi connectivity index (χ2v) is 2.92. The molecule has 0 saturated heterocycles. The molecule has 0 rings (SSSR count). The van der Waals surface area contributed by atoms with Crippen LogP contribution in [0.5, 0.6) is 0 Å². The van der Waals surface area contributed by atoms with Gasteiger partial charge in [-0.25, -0.2) is 0 Å². The van der Waals surface area contributed by atoms with Crippen LogP contribution in [0.25, 0.3) is 0 Å². The maximum absolute atomic E-state index is 4.88. The molecule has 0 aliphatic heterocycles. The third kappa shape index (κ3) is 6.32. The molecule has 0 aliphatic rings. The molecule has 0 spiro atoms. The zero-order chi connectivity index (χ0) is 8.53. The van der Waals surface area contributed by atoms with Gasteiger partial charge in [-0.05, 0) is 12.8 Å². The molecule has 2 nitrogen and oxygen atoms in total. The summed E-state index contributed by atoms with van der Waals surface area (Å²) in [4.78, 5) is 4.88. The molecular formula is C9H21NO. The van der Waals surface area contributed by atoms with E-state index in [1.165, 1.54) is 25.7 Å². The van der Waals surface area contributed by atoms with Gasteiger partial charge in [-0.15, -0.1) is 0 Å². The number of hydrogen-bond donors (Lipinski definition) is 1. The van der Waals surface area contributed by atoms with Crippen molar-refractivity contribution in [3.05, 3.63) is 0 Å². The number of unbranched alkanes of at least 4 members (excludes halogenated alkanes) is 2. The first-order chi connectivity index (χ1) is 5.35. The average molecular weight is 159 g/mol. The fraction of sp³-hybridized carbons (Fsp3) is 1.00. The van der Waals surface area contributed by atoms with Crippen LogP contribution >= 0.6 is 0 Å². The van der Waals surface area contributed by atoms with E-state index < -0.39 is 0 Å². The van der Waals surface area contributed by atoms with Crippen LogP contribution in [0.1, 0.15) is 46.0 Å². The van der Waals surface area contributed by atoms with Crippen LogP contribution in [0.15, 0.2) is 0 Å². The third-order valence-electron chi connectivity index (χ3n) is 1.93. The molecule has 0 bridgehead atoms. The summed E-state index contributed by atoms with van der Waals surface area (Å²) >= 11 is 0. The Hall–Kier alpha value is -0.0800. The van der Waals surface area contributed by atoms with Crippen molar-refractivity contribution in [3.63, 3.8) is 0 Å². The topological polar surface area (TPSA) is 21.3 Å². The minimum Gasteiger partial charge on any atom is -0.305 e. The van der Waals surface area contributed by atoms with Gasteiger partial charge in [0.2, 0.25) is 0 Å². The average Bonchev–Trinajstić information content (AvgIpc) is 2.03. The van der Waals surface area contributed by atoms with Crippen molar-refractivity contribution in [2.24, 2.45) is 0 Å². The predicted octanol–water partition coefficient (Wildman–Crippen LogP) is 2.50. The lowest BCUT2D eigenvalue weighted by atomic mass is 10.1. The van der Waals surface area contributed by atoms with Crippen molar-refractivity contribution in [2.75, 3.05) is 7.11 Å². The van der Waals surface area contributed by atoms with Crippen molar-refractivity contribution in [3.8, 4) is 0 Å². The molecule has 0 heterocycles. The molecule has 0 aromatic rings. The van der Waals surface area contributed by atoms with E-state index in [4.69, 9.17) is 4.84 Å². The highest BCUT2D eigenvalue weighted by atomic mass is 16.6. The largest absolute Gasteiger partial charge is 0.305 e. The number of hydroxylamine groups is 1. The summed E-state index contributed by atoms with van der Waals surface area (Å²) in [5.74, 6) is 0. The van der Waals surface area contributed by atoms with E-state index in [2.05, 4.69) is 19.3 Å². The molecule has 68 valence electrons. The Bertz CT molecular complexity index is 76.0. The van der Waals surface area contributed by atoms with E-state index in [9.17, 15) is 0 Å². The third-order valence-corrected chi connectivity index (χ3v) is 1.93. The van der Waals surface area contributed by atoms with Crippen molar-refractivity contribution in [1.29, 1.82) is 0 Å². The van der Waals surface area contributed by atoms with Gasteiger partial charge in [0.1, 0.15) is 0 Å². The molecule has 0 aliphatic carbocycles. The van der Waals surface area contributed by atoms with Gasteiger partial charge in [-0.1, -0.05) is 33.1 Å². The van der Waals surface area contributed by atoms with Crippen LogP contribution in [0.2, 0.25) is 0 Å². The molecule has 0 radical (unpaired) electrons. The second kappa shape index (κ2) is 8.02. The molecule has 0 amide bonds. The van der Waals surface area contributed by atoms with Gasteiger partial charge in [-0.3, -0.25) is 0 Å². The fourth-order valence-electron chi connectivity index (χ4n) is 1.15. The predicted molar refractivity (Wildman–Crippen MR) is 48.4 cm³/mol. The van der Waals surface area contributed by atoms with Crippen LogP contribution < -0.4 is 5.48 Å². The lowest BCUT2D eigenvalue weighted by molar-refractivity contribution is 0.0561. The summed E-state index contributed by atoms with van der Waals surface area (Å²) in [6.45, 7) is 4.41. The Kier molecular flexibility index (Phi) is 7.96. The smallest absolute Gasteiger partial charge is 0.0572 e. The lowest BCUT2D eigenvalue weighted by Crippen LogP contribution is -2.27. The molecule has 0 aromatic carbocycles. The highest BCUT2D eigenvalue weighted by Gasteiger charge is 2.02. The van der Waals surface area contributed by atoms with E-state index in [1.54, 1.807) is 7.11 Å². The van der Waals surface area contributed by atoms with Gasteiger partial charge in [0, 0.05) is 6.04 Å². The van der Waals surface area contributed by atoms with E-state index in [-0.39, 0.29) is 0 Å². The molecule has 2 heteroatoms. The zero-order valence-electron chi connectivity index (χ0n) is 8.02. The standard InChI is InChI=1S/C9H21NO/c1-4-6-7-8-9(5-2)10-11-3/h9-10H,4-8H2,1-3H3. The SMILES string of the molecule is CCCCCC(CC)NOC. The van der Waals surface area contributed by atoms with Crippen LogP contribution in [0, 0.1) is 0 Å². The van der Waals surface area contributed by atoms with E-state index >= 15 is 0 Å². The quantitative estimate of drug-likeness (QED) is 0.455. The summed E-state index contributed by atoms with van der Waals surface area (Å²) in [6, 6.07) is 0.548. The Morgan fingerprint density at radius 2 is 2.00 bits per heavy atom. The Labute approximate surface area is 70.3 Å².